The zero-order chi connectivity index (χ0) is 20.5. The van der Waals surface area contributed by atoms with Gasteiger partial charge in [0.15, 0.2) is 5.13 Å². The molecule has 5 rings (SSSR count). The summed E-state index contributed by atoms with van der Waals surface area (Å²) >= 11 is 1.59. The highest BCUT2D eigenvalue weighted by atomic mass is 32.1. The predicted octanol–water partition coefficient (Wildman–Crippen LogP) is 2.48. The molecule has 0 atom stereocenters. The first-order chi connectivity index (χ1) is 14.7. The van der Waals surface area contributed by atoms with Crippen LogP contribution in [0.5, 0.6) is 0 Å². The molecule has 1 saturated heterocycles. The fourth-order valence-electron chi connectivity index (χ4n) is 3.46. The first kappa shape index (κ1) is 18.7. The molecule has 0 saturated carbocycles. The molecule has 0 bridgehead atoms. The Morgan fingerprint density at radius 2 is 2.00 bits per heavy atom. The van der Waals surface area contributed by atoms with Crippen LogP contribution in [0.4, 0.5) is 10.8 Å². The maximum absolute atomic E-state index is 12.5. The Bertz CT molecular complexity index is 1290. The molecule has 152 valence electrons. The summed E-state index contributed by atoms with van der Waals surface area (Å²) in [7, 11) is 0. The van der Waals surface area contributed by atoms with Crippen LogP contribution in [0.2, 0.25) is 0 Å². The highest BCUT2D eigenvalue weighted by Crippen LogP contribution is 2.31. The van der Waals surface area contributed by atoms with E-state index in [1.165, 1.54) is 4.68 Å². The second kappa shape index (κ2) is 7.85. The van der Waals surface area contributed by atoms with Crippen molar-refractivity contribution >= 4 is 49.1 Å². The molecule has 1 aliphatic rings. The van der Waals surface area contributed by atoms with Crippen molar-refractivity contribution < 1.29 is 9.53 Å². The third kappa shape index (κ3) is 3.64. The topological polar surface area (TPSA) is 89.3 Å². The molecular formula is C21H19N5O3S. The third-order valence-corrected chi connectivity index (χ3v) is 6.08. The lowest BCUT2D eigenvalue weighted by Gasteiger charge is -2.25. The molecule has 3 heterocycles. The van der Waals surface area contributed by atoms with Crippen LogP contribution in [0, 0.1) is 0 Å². The van der Waals surface area contributed by atoms with Gasteiger partial charge in [-0.15, -0.1) is 0 Å². The number of hydrogen-bond donors (Lipinski definition) is 1. The van der Waals surface area contributed by atoms with Crippen LogP contribution in [0.1, 0.15) is 0 Å². The van der Waals surface area contributed by atoms with Crippen LogP contribution < -0.4 is 15.8 Å². The van der Waals surface area contributed by atoms with E-state index in [2.05, 4.69) is 20.3 Å². The Kier molecular flexibility index (Phi) is 4.89. The number of hydrogen-bond acceptors (Lipinski definition) is 7. The predicted molar refractivity (Wildman–Crippen MR) is 117 cm³/mol. The Balaban J connectivity index is 1.33. The number of rotatable bonds is 4. The average molecular weight is 421 g/mol. The second-order valence-electron chi connectivity index (χ2n) is 7.02. The van der Waals surface area contributed by atoms with Gasteiger partial charge in [-0.05, 0) is 24.3 Å². The van der Waals surface area contributed by atoms with Gasteiger partial charge in [0.2, 0.25) is 5.91 Å². The number of aromatic nitrogens is 3. The van der Waals surface area contributed by atoms with E-state index in [0.29, 0.717) is 24.3 Å². The normalized spacial score (nSPS) is 14.3. The summed E-state index contributed by atoms with van der Waals surface area (Å²) in [4.78, 5) is 32.0. The van der Waals surface area contributed by atoms with Crippen molar-refractivity contribution in [3.8, 4) is 0 Å². The Morgan fingerprint density at radius 3 is 2.87 bits per heavy atom. The van der Waals surface area contributed by atoms with E-state index in [4.69, 9.17) is 4.74 Å². The zero-order valence-electron chi connectivity index (χ0n) is 16.1. The quantitative estimate of drug-likeness (QED) is 0.545. The number of carbonyl (C=O) groups excluding carboxylic acids is 1. The monoisotopic (exact) mass is 421 g/mol. The molecule has 4 aromatic rings. The molecule has 0 aliphatic carbocycles. The van der Waals surface area contributed by atoms with E-state index >= 15 is 0 Å². The van der Waals surface area contributed by atoms with E-state index in [1.807, 2.05) is 30.3 Å². The van der Waals surface area contributed by atoms with Crippen LogP contribution in [0.3, 0.4) is 0 Å². The number of benzene rings is 2. The van der Waals surface area contributed by atoms with Crippen molar-refractivity contribution in [1.29, 1.82) is 0 Å². The lowest BCUT2D eigenvalue weighted by atomic mass is 10.2. The van der Waals surface area contributed by atoms with Crippen molar-refractivity contribution in [3.63, 3.8) is 0 Å². The molecule has 0 radical (unpaired) electrons. The van der Waals surface area contributed by atoms with Crippen molar-refractivity contribution in [2.75, 3.05) is 36.5 Å². The largest absolute Gasteiger partial charge is 0.378 e. The summed E-state index contributed by atoms with van der Waals surface area (Å²) in [5, 5.41) is 9.23. The molecule has 2 aromatic carbocycles. The summed E-state index contributed by atoms with van der Waals surface area (Å²) < 4.78 is 7.57. The number of nitrogens with zero attached hydrogens (tertiary/aromatic N) is 4. The molecule has 0 spiro atoms. The minimum Gasteiger partial charge on any atom is -0.378 e. The number of morpholine rings is 1. The van der Waals surface area contributed by atoms with Crippen LogP contribution in [-0.4, -0.2) is 47.0 Å². The molecule has 8 nitrogen and oxygen atoms in total. The number of nitrogens with one attached hydrogen (secondary N) is 1. The lowest BCUT2D eigenvalue weighted by Crippen LogP contribution is -2.36. The summed E-state index contributed by atoms with van der Waals surface area (Å²) in [5.74, 6) is -0.308. The smallest absolute Gasteiger partial charge is 0.275 e. The highest BCUT2D eigenvalue weighted by Gasteiger charge is 2.16. The molecule has 0 unspecified atom stereocenters. The van der Waals surface area contributed by atoms with Crippen LogP contribution in [-0.2, 0) is 16.1 Å². The van der Waals surface area contributed by atoms with Gasteiger partial charge in [0.25, 0.3) is 5.56 Å². The van der Waals surface area contributed by atoms with Gasteiger partial charge in [0.05, 0.1) is 35.0 Å². The Hall–Kier alpha value is -3.30. The van der Waals surface area contributed by atoms with Crippen molar-refractivity contribution in [2.45, 2.75) is 6.54 Å². The van der Waals surface area contributed by atoms with Crippen molar-refractivity contribution in [2.24, 2.45) is 0 Å². The maximum Gasteiger partial charge on any atom is 0.275 e. The van der Waals surface area contributed by atoms with Gasteiger partial charge < -0.3 is 15.0 Å². The molecular weight excluding hydrogens is 402 g/mol. The van der Waals surface area contributed by atoms with Crippen LogP contribution in [0.25, 0.3) is 21.0 Å². The highest BCUT2D eigenvalue weighted by molar-refractivity contribution is 7.22. The fraction of sp³-hybridized carbons (Fsp3) is 0.238. The molecule has 2 aromatic heterocycles. The number of ether oxygens (including phenoxy) is 1. The molecule has 1 fully saturated rings. The number of fused-ring (bicyclic) bond motifs is 2. The van der Waals surface area contributed by atoms with E-state index in [1.54, 1.807) is 29.7 Å². The number of carbonyl (C=O) groups is 1. The third-order valence-electron chi connectivity index (χ3n) is 5.00. The van der Waals surface area contributed by atoms with E-state index in [-0.39, 0.29) is 18.0 Å². The summed E-state index contributed by atoms with van der Waals surface area (Å²) in [6.07, 6.45) is 1.60. The van der Waals surface area contributed by atoms with Gasteiger partial charge in [0, 0.05) is 24.2 Å². The summed E-state index contributed by atoms with van der Waals surface area (Å²) in [6, 6.07) is 12.8. The number of anilines is 2. The average Bonchev–Trinajstić information content (AvgIpc) is 3.20. The SMILES string of the molecule is O=C(Cn1ncc2ccccc2c1=O)Nc1ccc2nc(N3CCOCC3)sc2c1. The molecule has 9 heteroatoms. The zero-order valence-corrected chi connectivity index (χ0v) is 16.9. The van der Waals surface area contributed by atoms with Gasteiger partial charge in [-0.3, -0.25) is 9.59 Å². The molecule has 30 heavy (non-hydrogen) atoms. The van der Waals surface area contributed by atoms with Gasteiger partial charge in [0.1, 0.15) is 6.54 Å². The summed E-state index contributed by atoms with van der Waals surface area (Å²) in [5.41, 5.74) is 1.28. The van der Waals surface area contributed by atoms with Gasteiger partial charge in [-0.2, -0.15) is 5.10 Å². The van der Waals surface area contributed by atoms with E-state index in [0.717, 1.165) is 33.8 Å². The van der Waals surface area contributed by atoms with E-state index < -0.39 is 0 Å². The first-order valence-electron chi connectivity index (χ1n) is 9.65. The number of thiazole rings is 1. The van der Waals surface area contributed by atoms with Gasteiger partial charge in [-0.1, -0.05) is 29.5 Å². The van der Waals surface area contributed by atoms with Crippen molar-refractivity contribution in [3.05, 3.63) is 59.0 Å². The number of amides is 1. The van der Waals surface area contributed by atoms with Crippen LogP contribution >= 0.6 is 11.3 Å². The van der Waals surface area contributed by atoms with E-state index in [9.17, 15) is 9.59 Å². The summed E-state index contributed by atoms with van der Waals surface area (Å²) in [6.45, 7) is 2.93. The van der Waals surface area contributed by atoms with Crippen molar-refractivity contribution in [1.82, 2.24) is 14.8 Å². The lowest BCUT2D eigenvalue weighted by molar-refractivity contribution is -0.117. The minimum absolute atomic E-state index is 0.149. The van der Waals surface area contributed by atoms with Gasteiger partial charge >= 0.3 is 0 Å². The fourth-order valence-corrected chi connectivity index (χ4v) is 4.51. The molecule has 1 aliphatic heterocycles. The Labute approximate surface area is 175 Å². The molecule has 1 amide bonds. The Morgan fingerprint density at radius 1 is 1.17 bits per heavy atom. The first-order valence-corrected chi connectivity index (χ1v) is 10.5. The molecule has 1 N–H and O–H groups in total. The standard InChI is InChI=1S/C21H19N5O3S/c27-19(13-26-20(28)16-4-2-1-3-14(16)12-22-26)23-15-5-6-17-18(11-15)30-21(24-17)25-7-9-29-10-8-25/h1-6,11-12H,7-10,13H2,(H,23,27). The van der Waals surface area contributed by atoms with Crippen LogP contribution in [0.15, 0.2) is 53.5 Å². The van der Waals surface area contributed by atoms with Gasteiger partial charge in [-0.25, -0.2) is 9.67 Å². The minimum atomic E-state index is -0.308. The second-order valence-corrected chi connectivity index (χ2v) is 8.03. The maximum atomic E-state index is 12.5.